The smallest absolute Gasteiger partial charge is 0.126 e. The molecule has 0 unspecified atom stereocenters. The molecule has 4 heteroatoms. The first-order valence-electron chi connectivity index (χ1n) is 8.37. The van der Waals surface area contributed by atoms with Crippen LogP contribution in [0.3, 0.4) is 0 Å². The second-order valence-corrected chi connectivity index (χ2v) is 7.55. The van der Waals surface area contributed by atoms with E-state index in [0.29, 0.717) is 0 Å². The third kappa shape index (κ3) is 2.72. The van der Waals surface area contributed by atoms with Gasteiger partial charge in [-0.3, -0.25) is 0 Å². The molecule has 0 atom stereocenters. The summed E-state index contributed by atoms with van der Waals surface area (Å²) in [6.07, 6.45) is 0. The first-order chi connectivity index (χ1) is 12.0. The number of para-hydroxylation sites is 1. The summed E-state index contributed by atoms with van der Waals surface area (Å²) in [4.78, 5) is 6.94. The van der Waals surface area contributed by atoms with E-state index in [0.717, 1.165) is 10.5 Å². The summed E-state index contributed by atoms with van der Waals surface area (Å²) in [5.74, 6) is 0. The van der Waals surface area contributed by atoms with Crippen LogP contribution in [0.1, 0.15) is 11.4 Å². The lowest BCUT2D eigenvalue weighted by Gasteiger charge is -2.14. The molecule has 2 heterocycles. The van der Waals surface area contributed by atoms with Gasteiger partial charge in [-0.05, 0) is 56.3 Å². The Labute approximate surface area is 152 Å². The molecule has 0 saturated carbocycles. The van der Waals surface area contributed by atoms with E-state index in [1.807, 2.05) is 6.07 Å². The number of aromatic nitrogens is 2. The molecule has 0 fully saturated rings. The van der Waals surface area contributed by atoms with Crippen LogP contribution in [0.25, 0.3) is 26.5 Å². The van der Waals surface area contributed by atoms with Crippen molar-refractivity contribution in [2.24, 2.45) is 0 Å². The lowest BCUT2D eigenvalue weighted by Crippen LogP contribution is -2.08. The van der Waals surface area contributed by atoms with Gasteiger partial charge in [0.2, 0.25) is 0 Å². The highest BCUT2D eigenvalue weighted by molar-refractivity contribution is 7.21. The Morgan fingerprint density at radius 1 is 0.960 bits per heavy atom. The molecule has 0 aliphatic carbocycles. The van der Waals surface area contributed by atoms with Crippen molar-refractivity contribution in [1.82, 2.24) is 9.55 Å². The van der Waals surface area contributed by atoms with Crippen LogP contribution in [0, 0.1) is 13.8 Å². The third-order valence-electron chi connectivity index (χ3n) is 4.58. The Hall–Kier alpha value is -2.59. The van der Waals surface area contributed by atoms with Gasteiger partial charge in [0.25, 0.3) is 0 Å². The predicted molar refractivity (Wildman–Crippen MR) is 108 cm³/mol. The van der Waals surface area contributed by atoms with Crippen molar-refractivity contribution in [2.45, 2.75) is 13.8 Å². The molecule has 2 aromatic heterocycles. The average molecular weight is 347 g/mol. The predicted octanol–water partition coefficient (Wildman–Crippen LogP) is 5.44. The fourth-order valence-corrected chi connectivity index (χ4v) is 4.30. The van der Waals surface area contributed by atoms with Crippen LogP contribution in [-0.4, -0.2) is 23.6 Å². The molecule has 0 aliphatic rings. The van der Waals surface area contributed by atoms with E-state index in [2.05, 4.69) is 85.9 Å². The van der Waals surface area contributed by atoms with Crippen LogP contribution < -0.4 is 4.90 Å². The highest BCUT2D eigenvalue weighted by atomic mass is 32.1. The Bertz CT molecular complexity index is 1010. The summed E-state index contributed by atoms with van der Waals surface area (Å²) < 4.78 is 3.54. The Balaban J connectivity index is 1.80. The first-order valence-corrected chi connectivity index (χ1v) is 9.19. The van der Waals surface area contributed by atoms with Crippen molar-refractivity contribution in [1.29, 1.82) is 0 Å². The highest BCUT2D eigenvalue weighted by Crippen LogP contribution is 2.35. The molecule has 3 nitrogen and oxygen atoms in total. The van der Waals surface area contributed by atoms with Gasteiger partial charge in [0, 0.05) is 42.4 Å². The molecule has 0 amide bonds. The van der Waals surface area contributed by atoms with E-state index in [9.17, 15) is 0 Å². The van der Waals surface area contributed by atoms with Gasteiger partial charge in [-0.1, -0.05) is 12.1 Å². The monoisotopic (exact) mass is 347 g/mol. The second kappa shape index (κ2) is 6.05. The first kappa shape index (κ1) is 15.9. The van der Waals surface area contributed by atoms with Crippen LogP contribution in [0.2, 0.25) is 0 Å². The highest BCUT2D eigenvalue weighted by Gasteiger charge is 2.15. The van der Waals surface area contributed by atoms with Crippen molar-refractivity contribution in [3.8, 4) is 16.3 Å². The lowest BCUT2D eigenvalue weighted by atomic mass is 10.2. The Morgan fingerprint density at radius 2 is 1.68 bits per heavy atom. The number of hydrogen-bond acceptors (Lipinski definition) is 3. The van der Waals surface area contributed by atoms with E-state index in [1.165, 1.54) is 33.0 Å². The molecule has 0 N–H and O–H groups in total. The maximum Gasteiger partial charge on any atom is 0.126 e. The summed E-state index contributed by atoms with van der Waals surface area (Å²) >= 11 is 1.76. The van der Waals surface area contributed by atoms with Gasteiger partial charge in [-0.25, -0.2) is 4.98 Å². The number of thiazole rings is 1. The fourth-order valence-electron chi connectivity index (χ4n) is 3.26. The molecule has 25 heavy (non-hydrogen) atoms. The number of nitrogens with zero attached hydrogens (tertiary/aromatic N) is 3. The van der Waals surface area contributed by atoms with E-state index in [4.69, 9.17) is 4.98 Å². The summed E-state index contributed by atoms with van der Waals surface area (Å²) in [6.45, 7) is 4.33. The topological polar surface area (TPSA) is 21.1 Å². The number of benzene rings is 2. The van der Waals surface area contributed by atoms with Gasteiger partial charge >= 0.3 is 0 Å². The average Bonchev–Trinajstić information content (AvgIpc) is 3.15. The molecule has 4 aromatic rings. The van der Waals surface area contributed by atoms with Crippen molar-refractivity contribution >= 4 is 27.2 Å². The summed E-state index contributed by atoms with van der Waals surface area (Å²) in [7, 11) is 4.12. The van der Waals surface area contributed by atoms with Gasteiger partial charge in [0.05, 0.1) is 10.2 Å². The number of fused-ring (bicyclic) bond motifs is 1. The zero-order valence-electron chi connectivity index (χ0n) is 14.9. The van der Waals surface area contributed by atoms with Crippen LogP contribution in [0.5, 0.6) is 0 Å². The lowest BCUT2D eigenvalue weighted by molar-refractivity contribution is 0.965. The van der Waals surface area contributed by atoms with Crippen molar-refractivity contribution in [3.63, 3.8) is 0 Å². The summed E-state index contributed by atoms with van der Waals surface area (Å²) in [5, 5.41) is 1.09. The number of rotatable bonds is 3. The molecule has 2 aromatic carbocycles. The van der Waals surface area contributed by atoms with Gasteiger partial charge in [-0.2, -0.15) is 0 Å². The maximum absolute atomic E-state index is 4.83. The molecule has 4 rings (SSSR count). The molecule has 0 radical (unpaired) electrons. The van der Waals surface area contributed by atoms with E-state index in [1.54, 1.807) is 11.3 Å². The normalized spacial score (nSPS) is 11.2. The Kier molecular flexibility index (Phi) is 3.85. The quantitative estimate of drug-likeness (QED) is 0.492. The SMILES string of the molecule is Cc1cc(-c2nc3ccccc3s2)c(C)n1-c1ccc(N(C)C)cc1. The maximum atomic E-state index is 4.83. The molecule has 0 saturated heterocycles. The standard InChI is InChI=1S/C21H21N3S/c1-14-13-18(21-22-19-7-5-6-8-20(19)25-21)15(2)24(14)17-11-9-16(10-12-17)23(3)4/h5-13H,1-4H3. The molecular formula is C21H21N3S. The van der Waals surface area contributed by atoms with Crippen LogP contribution >= 0.6 is 11.3 Å². The number of hydrogen-bond donors (Lipinski definition) is 0. The van der Waals surface area contributed by atoms with Crippen LogP contribution in [0.15, 0.2) is 54.6 Å². The number of anilines is 1. The zero-order chi connectivity index (χ0) is 17.6. The van der Waals surface area contributed by atoms with E-state index >= 15 is 0 Å². The van der Waals surface area contributed by atoms with Gasteiger partial charge in [0.15, 0.2) is 0 Å². The minimum Gasteiger partial charge on any atom is -0.378 e. The fraction of sp³-hybridized carbons (Fsp3) is 0.190. The third-order valence-corrected chi connectivity index (χ3v) is 5.65. The summed E-state index contributed by atoms with van der Waals surface area (Å²) in [6, 6.07) is 19.2. The molecule has 0 aliphatic heterocycles. The zero-order valence-corrected chi connectivity index (χ0v) is 15.8. The number of aryl methyl sites for hydroxylation is 1. The van der Waals surface area contributed by atoms with Gasteiger partial charge < -0.3 is 9.47 Å². The van der Waals surface area contributed by atoms with Crippen molar-refractivity contribution < 1.29 is 0 Å². The van der Waals surface area contributed by atoms with E-state index in [-0.39, 0.29) is 0 Å². The van der Waals surface area contributed by atoms with Crippen molar-refractivity contribution in [2.75, 3.05) is 19.0 Å². The van der Waals surface area contributed by atoms with Gasteiger partial charge in [0.1, 0.15) is 5.01 Å². The molecule has 0 spiro atoms. The second-order valence-electron chi connectivity index (χ2n) is 6.52. The molecule has 126 valence electrons. The van der Waals surface area contributed by atoms with Gasteiger partial charge in [-0.15, -0.1) is 11.3 Å². The van der Waals surface area contributed by atoms with Crippen molar-refractivity contribution in [3.05, 3.63) is 66.0 Å². The summed E-state index contributed by atoms with van der Waals surface area (Å²) in [5.41, 5.74) is 7.14. The largest absolute Gasteiger partial charge is 0.378 e. The van der Waals surface area contributed by atoms with E-state index < -0.39 is 0 Å². The molecular weight excluding hydrogens is 326 g/mol. The molecule has 0 bridgehead atoms. The minimum absolute atomic E-state index is 1.07. The van der Waals surface area contributed by atoms with Crippen LogP contribution in [0.4, 0.5) is 5.69 Å². The van der Waals surface area contributed by atoms with Crippen LogP contribution in [-0.2, 0) is 0 Å². The Morgan fingerprint density at radius 3 is 2.36 bits per heavy atom. The minimum atomic E-state index is 1.07.